The van der Waals surface area contributed by atoms with Gasteiger partial charge in [0.1, 0.15) is 11.6 Å². The van der Waals surface area contributed by atoms with Crippen molar-refractivity contribution in [3.05, 3.63) is 11.8 Å². The fourth-order valence-electron chi connectivity index (χ4n) is 1.88. The number of carboxylic acid groups (broad SMARTS) is 1. The fourth-order valence-corrected chi connectivity index (χ4v) is 1.88. The monoisotopic (exact) mass is 266 g/mol. The Bertz CT molecular complexity index is 524. The molecule has 0 aromatic rings. The van der Waals surface area contributed by atoms with Crippen molar-refractivity contribution in [2.24, 2.45) is 4.99 Å². The minimum atomic E-state index is -1.34. The van der Waals surface area contributed by atoms with Gasteiger partial charge in [0.15, 0.2) is 5.78 Å². The lowest BCUT2D eigenvalue weighted by atomic mass is 9.99. The molecule has 1 saturated heterocycles. The van der Waals surface area contributed by atoms with E-state index in [1.165, 1.54) is 0 Å². The third-order valence-corrected chi connectivity index (χ3v) is 2.79. The molecule has 2 aliphatic rings. The van der Waals surface area contributed by atoms with Gasteiger partial charge in [-0.05, 0) is 0 Å². The molecule has 1 unspecified atom stereocenters. The second-order valence-electron chi connectivity index (χ2n) is 3.89. The van der Waals surface area contributed by atoms with Crippen LogP contribution in [0.3, 0.4) is 0 Å². The molecule has 0 aliphatic carbocycles. The van der Waals surface area contributed by atoms with Gasteiger partial charge in [0, 0.05) is 12.7 Å². The number of carbonyl (C=O) groups excluding carboxylic acids is 3. The van der Waals surface area contributed by atoms with E-state index >= 15 is 0 Å². The molecule has 2 heterocycles. The van der Waals surface area contributed by atoms with Crippen LogP contribution in [-0.2, 0) is 14.4 Å². The Morgan fingerprint density at radius 3 is 2.89 bits per heavy atom. The fraction of sp³-hybridized carbons (Fsp3) is 0.300. The molecule has 0 bridgehead atoms. The van der Waals surface area contributed by atoms with E-state index in [-0.39, 0.29) is 13.0 Å². The molecular weight excluding hydrogens is 256 g/mol. The molecule has 2 aliphatic heterocycles. The lowest BCUT2D eigenvalue weighted by molar-refractivity contribution is -0.134. The summed E-state index contributed by atoms with van der Waals surface area (Å²) in [6.07, 6.45) is 1.10. The summed E-state index contributed by atoms with van der Waals surface area (Å²) in [6, 6.07) is -1.12. The summed E-state index contributed by atoms with van der Waals surface area (Å²) in [5, 5.41) is 12.2. The van der Waals surface area contributed by atoms with E-state index in [9.17, 15) is 19.2 Å². The standard InChI is InChI=1S/C10H10N4O5/c15-4-13-14-7(3-12-10(14)19)6-1-8(16)5(2-11-6)9(17)18/h2,4,7H,1,3H2,(H,12,19)(H,13,15)(H,17,18). The van der Waals surface area contributed by atoms with Gasteiger partial charge in [-0.2, -0.15) is 0 Å². The van der Waals surface area contributed by atoms with Crippen LogP contribution in [0.4, 0.5) is 4.79 Å². The maximum atomic E-state index is 11.6. The first-order chi connectivity index (χ1) is 9.04. The molecule has 2 rings (SSSR count). The number of amides is 3. The van der Waals surface area contributed by atoms with E-state index < -0.39 is 29.4 Å². The van der Waals surface area contributed by atoms with Crippen molar-refractivity contribution >= 4 is 29.9 Å². The van der Waals surface area contributed by atoms with Crippen LogP contribution < -0.4 is 10.7 Å². The average Bonchev–Trinajstić information content (AvgIpc) is 2.71. The summed E-state index contributed by atoms with van der Waals surface area (Å²) in [5.41, 5.74) is 2.13. The number of hydrogen-bond donors (Lipinski definition) is 3. The number of carboxylic acids is 1. The molecule has 3 amide bonds. The number of nitrogens with one attached hydrogen (secondary N) is 2. The zero-order valence-electron chi connectivity index (χ0n) is 9.62. The molecule has 3 N–H and O–H groups in total. The van der Waals surface area contributed by atoms with E-state index in [0.29, 0.717) is 12.1 Å². The number of Topliss-reactive ketones (excluding diaryl/α,β-unsaturated/α-hetero) is 1. The van der Waals surface area contributed by atoms with Gasteiger partial charge in [-0.1, -0.05) is 0 Å². The van der Waals surface area contributed by atoms with E-state index in [0.717, 1.165) is 11.2 Å². The van der Waals surface area contributed by atoms with Crippen molar-refractivity contribution in [1.82, 2.24) is 15.8 Å². The van der Waals surface area contributed by atoms with Crippen LogP contribution >= 0.6 is 0 Å². The van der Waals surface area contributed by atoms with Gasteiger partial charge >= 0.3 is 12.0 Å². The zero-order valence-corrected chi connectivity index (χ0v) is 9.62. The van der Waals surface area contributed by atoms with E-state index in [4.69, 9.17) is 5.11 Å². The Kier molecular flexibility index (Phi) is 3.27. The molecule has 0 aromatic carbocycles. The number of nitrogens with zero attached hydrogens (tertiary/aromatic N) is 2. The molecule has 0 saturated carbocycles. The number of hydrazine groups is 1. The van der Waals surface area contributed by atoms with Crippen molar-refractivity contribution in [1.29, 1.82) is 0 Å². The highest BCUT2D eigenvalue weighted by Crippen LogP contribution is 2.15. The smallest absolute Gasteiger partial charge is 0.340 e. The molecule has 9 heteroatoms. The second kappa shape index (κ2) is 4.88. The predicted octanol–water partition coefficient (Wildman–Crippen LogP) is -1.58. The highest BCUT2D eigenvalue weighted by atomic mass is 16.4. The zero-order chi connectivity index (χ0) is 14.0. The van der Waals surface area contributed by atoms with Crippen LogP contribution in [0.25, 0.3) is 0 Å². The highest BCUT2D eigenvalue weighted by molar-refractivity contribution is 6.24. The Balaban J connectivity index is 2.23. The minimum Gasteiger partial charge on any atom is -0.478 e. The van der Waals surface area contributed by atoms with Crippen molar-refractivity contribution in [2.75, 3.05) is 6.54 Å². The summed E-state index contributed by atoms with van der Waals surface area (Å²) >= 11 is 0. The summed E-state index contributed by atoms with van der Waals surface area (Å²) in [6.45, 7) is 0.183. The molecule has 0 spiro atoms. The molecule has 1 atom stereocenters. The SMILES string of the molecule is O=CNN1C(=O)NCC1C1=NC=C(C(=O)O)C(=O)C1. The van der Waals surface area contributed by atoms with Gasteiger partial charge in [0.2, 0.25) is 6.41 Å². The molecule has 19 heavy (non-hydrogen) atoms. The third-order valence-electron chi connectivity index (χ3n) is 2.79. The number of aliphatic imine (C=N–C) groups is 1. The van der Waals surface area contributed by atoms with Crippen molar-refractivity contribution < 1.29 is 24.3 Å². The predicted molar refractivity (Wildman–Crippen MR) is 61.0 cm³/mol. The molecular formula is C10H10N4O5. The maximum absolute atomic E-state index is 11.6. The Morgan fingerprint density at radius 2 is 2.32 bits per heavy atom. The Morgan fingerprint density at radius 1 is 1.58 bits per heavy atom. The highest BCUT2D eigenvalue weighted by Gasteiger charge is 2.37. The van der Waals surface area contributed by atoms with Gasteiger partial charge < -0.3 is 10.4 Å². The number of aliphatic carboxylic acids is 1. The summed E-state index contributed by atoms with van der Waals surface area (Å²) in [7, 11) is 0. The molecule has 0 radical (unpaired) electrons. The van der Waals surface area contributed by atoms with Crippen LogP contribution in [0, 0.1) is 0 Å². The number of rotatable bonds is 4. The van der Waals surface area contributed by atoms with Gasteiger partial charge in [-0.15, -0.1) is 0 Å². The summed E-state index contributed by atoms with van der Waals surface area (Å²) in [5.74, 6) is -1.92. The second-order valence-corrected chi connectivity index (χ2v) is 3.89. The molecule has 1 fully saturated rings. The topological polar surface area (TPSA) is 128 Å². The molecule has 0 aromatic heterocycles. The van der Waals surface area contributed by atoms with E-state index in [1.807, 2.05) is 0 Å². The van der Waals surface area contributed by atoms with Crippen LogP contribution in [0.5, 0.6) is 0 Å². The van der Waals surface area contributed by atoms with E-state index in [2.05, 4.69) is 15.7 Å². The van der Waals surface area contributed by atoms with Crippen LogP contribution in [0.1, 0.15) is 6.42 Å². The van der Waals surface area contributed by atoms with E-state index in [1.54, 1.807) is 0 Å². The maximum Gasteiger partial charge on any atom is 0.340 e. The Hall–Kier alpha value is -2.71. The van der Waals surface area contributed by atoms with Crippen LogP contribution in [-0.4, -0.2) is 52.6 Å². The largest absolute Gasteiger partial charge is 0.478 e. The Labute approximate surface area is 106 Å². The number of hydrogen-bond acceptors (Lipinski definition) is 5. The third kappa shape index (κ3) is 2.30. The number of ketones is 1. The van der Waals surface area contributed by atoms with Crippen LogP contribution in [0.15, 0.2) is 16.8 Å². The lowest BCUT2D eigenvalue weighted by Crippen LogP contribution is -2.48. The van der Waals surface area contributed by atoms with Gasteiger partial charge in [-0.3, -0.25) is 20.0 Å². The lowest BCUT2D eigenvalue weighted by Gasteiger charge is -2.23. The first-order valence-electron chi connectivity index (χ1n) is 5.34. The first-order valence-corrected chi connectivity index (χ1v) is 5.34. The average molecular weight is 266 g/mol. The van der Waals surface area contributed by atoms with Gasteiger partial charge in [0.05, 0.1) is 12.1 Å². The quantitative estimate of drug-likeness (QED) is 0.418. The first kappa shape index (κ1) is 12.7. The van der Waals surface area contributed by atoms with Crippen LogP contribution in [0.2, 0.25) is 0 Å². The molecule has 100 valence electrons. The minimum absolute atomic E-state index is 0.183. The van der Waals surface area contributed by atoms with Gasteiger partial charge in [-0.25, -0.2) is 14.6 Å². The number of urea groups is 1. The summed E-state index contributed by atoms with van der Waals surface area (Å²) < 4.78 is 0. The van der Waals surface area contributed by atoms with Crippen molar-refractivity contribution in [2.45, 2.75) is 12.5 Å². The van der Waals surface area contributed by atoms with Crippen molar-refractivity contribution in [3.8, 4) is 0 Å². The van der Waals surface area contributed by atoms with Gasteiger partial charge in [0.25, 0.3) is 0 Å². The van der Waals surface area contributed by atoms with Crippen molar-refractivity contribution in [3.63, 3.8) is 0 Å². The summed E-state index contributed by atoms with van der Waals surface area (Å²) in [4.78, 5) is 48.0. The number of carbonyl (C=O) groups is 4. The normalized spacial score (nSPS) is 22.5. The molecule has 9 nitrogen and oxygen atoms in total.